The lowest BCUT2D eigenvalue weighted by Gasteiger charge is -1.93. The maximum absolute atomic E-state index is 10.6. The third kappa shape index (κ3) is 11.6. The van der Waals surface area contributed by atoms with E-state index in [1.54, 1.807) is 0 Å². The van der Waals surface area contributed by atoms with Crippen LogP contribution in [0.5, 0.6) is 0 Å². The number of carbonyl (C=O) groups is 2. The number of hydrogen-bond donors (Lipinski definition) is 2. The molecule has 11 heteroatoms. The first kappa shape index (κ1) is 22.5. The number of halogens is 6. The summed E-state index contributed by atoms with van der Waals surface area (Å²) in [4.78, 5) is 17.8. The molecule has 0 radical (unpaired) electrons. The Balaban J connectivity index is 0. The van der Waals surface area contributed by atoms with Crippen LogP contribution >= 0.6 is 0 Å². The molecule has 0 bridgehead atoms. The second kappa shape index (κ2) is 9.29. The fraction of sp³-hybridized carbons (Fsp3) is 0.250. The van der Waals surface area contributed by atoms with E-state index in [0.29, 0.717) is 0 Å². The fourth-order valence-electron chi connectivity index (χ4n) is 0.698. The molecule has 2 N–H and O–H groups in total. The first-order valence-electron chi connectivity index (χ1n) is 5.29. The zero-order valence-electron chi connectivity index (χ0n) is 11.2. The van der Waals surface area contributed by atoms with Crippen LogP contribution < -0.4 is 0 Å². The minimum atomic E-state index is -5.08. The maximum Gasteiger partial charge on any atom is 0.490 e. The average Bonchev–Trinajstić information content (AvgIpc) is 2.38. The Labute approximate surface area is 125 Å². The lowest BCUT2D eigenvalue weighted by atomic mass is 10.1. The number of hydrogen-bond acceptors (Lipinski definition) is 3. The van der Waals surface area contributed by atoms with Gasteiger partial charge in [0.1, 0.15) is 0 Å². The molecule has 23 heavy (non-hydrogen) atoms. The lowest BCUT2D eigenvalue weighted by molar-refractivity contribution is -0.193. The molecule has 0 saturated carbocycles. The molecule has 0 amide bonds. The number of aliphatic carboxylic acids is 2. The number of rotatable bonds is 0. The van der Waals surface area contributed by atoms with E-state index in [-0.39, 0.29) is 0 Å². The molecule has 0 aromatic heterocycles. The van der Waals surface area contributed by atoms with Crippen LogP contribution in [0.25, 0.3) is 0 Å². The number of nitrogens with zero attached hydrogens (tertiary/aromatic N) is 1. The zero-order valence-corrected chi connectivity index (χ0v) is 11.2. The number of aryl methyl sites for hydroxylation is 1. The van der Waals surface area contributed by atoms with Crippen molar-refractivity contribution in [3.05, 3.63) is 35.4 Å². The topological polar surface area (TPSA) is 98.4 Å². The van der Waals surface area contributed by atoms with Gasteiger partial charge in [0.25, 0.3) is 0 Å². The van der Waals surface area contributed by atoms with Crippen molar-refractivity contribution in [2.24, 2.45) is 0 Å². The molecule has 0 fully saturated rings. The van der Waals surface area contributed by atoms with Crippen LogP contribution in [-0.2, 0) is 9.59 Å². The minimum absolute atomic E-state index is 0.762. The van der Waals surface area contributed by atoms with E-state index >= 15 is 0 Å². The molecular weight excluding hydrogens is 336 g/mol. The predicted molar refractivity (Wildman–Crippen MR) is 63.3 cm³/mol. The number of carboxylic acid groups (broad SMARTS) is 2. The lowest BCUT2D eigenvalue weighted by Crippen LogP contribution is -2.21. The average molecular weight is 345 g/mol. The van der Waals surface area contributed by atoms with Crippen LogP contribution in [0.15, 0.2) is 24.3 Å². The molecule has 0 saturated heterocycles. The van der Waals surface area contributed by atoms with Gasteiger partial charge < -0.3 is 10.2 Å². The molecule has 5 nitrogen and oxygen atoms in total. The van der Waals surface area contributed by atoms with E-state index in [1.165, 1.54) is 0 Å². The van der Waals surface area contributed by atoms with Gasteiger partial charge in [0.2, 0.25) is 0 Å². The van der Waals surface area contributed by atoms with Crippen molar-refractivity contribution >= 4 is 11.9 Å². The van der Waals surface area contributed by atoms with Crippen molar-refractivity contribution in [1.29, 1.82) is 5.26 Å². The molecule has 1 rings (SSSR count). The summed E-state index contributed by atoms with van der Waals surface area (Å²) < 4.78 is 63.5. The monoisotopic (exact) mass is 345 g/mol. The van der Waals surface area contributed by atoms with E-state index in [2.05, 4.69) is 6.07 Å². The minimum Gasteiger partial charge on any atom is -0.475 e. The Morgan fingerprint density at radius 3 is 1.43 bits per heavy atom. The standard InChI is InChI=1S/C8H7N.2C2HF3O2/c1-7-4-2-3-5-8(7)6-9;2*3-2(4,5)1(6)7/h2-5H,1H3;2*(H,6,7). The Morgan fingerprint density at radius 1 is 0.957 bits per heavy atom. The van der Waals surface area contributed by atoms with E-state index in [4.69, 9.17) is 25.1 Å². The summed E-state index contributed by atoms with van der Waals surface area (Å²) in [5, 5.41) is 22.7. The molecule has 0 aliphatic heterocycles. The highest BCUT2D eigenvalue weighted by Crippen LogP contribution is 2.13. The molecule has 1 aromatic carbocycles. The van der Waals surface area contributed by atoms with Gasteiger partial charge in [-0.05, 0) is 18.6 Å². The predicted octanol–water partition coefficient (Wildman–Crippen LogP) is 3.13. The first-order valence-corrected chi connectivity index (χ1v) is 5.29. The van der Waals surface area contributed by atoms with Gasteiger partial charge in [0.05, 0.1) is 11.6 Å². The molecule has 0 heterocycles. The van der Waals surface area contributed by atoms with Crippen molar-refractivity contribution in [3.8, 4) is 6.07 Å². The maximum atomic E-state index is 10.6. The molecular formula is C12H9F6NO4. The van der Waals surface area contributed by atoms with Crippen LogP contribution in [0.3, 0.4) is 0 Å². The van der Waals surface area contributed by atoms with Gasteiger partial charge in [-0.2, -0.15) is 31.6 Å². The third-order valence-corrected chi connectivity index (χ3v) is 1.75. The van der Waals surface area contributed by atoms with Crippen LogP contribution in [0.1, 0.15) is 11.1 Å². The largest absolute Gasteiger partial charge is 0.490 e. The molecule has 0 aliphatic carbocycles. The summed E-state index contributed by atoms with van der Waals surface area (Å²) in [5.41, 5.74) is 1.80. The molecule has 0 spiro atoms. The SMILES string of the molecule is Cc1ccccc1C#N.O=C(O)C(F)(F)F.O=C(O)C(F)(F)F. The van der Waals surface area contributed by atoms with Crippen molar-refractivity contribution in [2.45, 2.75) is 19.3 Å². The van der Waals surface area contributed by atoms with Crippen LogP contribution in [-0.4, -0.2) is 34.5 Å². The Hall–Kier alpha value is -2.77. The van der Waals surface area contributed by atoms with Gasteiger partial charge in [-0.1, -0.05) is 18.2 Å². The van der Waals surface area contributed by atoms with Crippen LogP contribution in [0, 0.1) is 18.3 Å². The molecule has 128 valence electrons. The van der Waals surface area contributed by atoms with Crippen LogP contribution in [0.2, 0.25) is 0 Å². The Kier molecular flexibility index (Phi) is 9.09. The summed E-state index contributed by atoms with van der Waals surface area (Å²) in [5.74, 6) is -5.51. The van der Waals surface area contributed by atoms with E-state index in [0.717, 1.165) is 11.1 Å². The Morgan fingerprint density at radius 2 is 1.26 bits per heavy atom. The smallest absolute Gasteiger partial charge is 0.475 e. The normalized spacial score (nSPS) is 10.2. The van der Waals surface area contributed by atoms with Crippen molar-refractivity contribution in [2.75, 3.05) is 0 Å². The number of carboxylic acids is 2. The van der Waals surface area contributed by atoms with Crippen molar-refractivity contribution in [1.82, 2.24) is 0 Å². The van der Waals surface area contributed by atoms with Crippen molar-refractivity contribution < 1.29 is 46.1 Å². The number of nitriles is 1. The molecule has 0 unspecified atom stereocenters. The van der Waals surface area contributed by atoms with E-state index in [1.807, 2.05) is 31.2 Å². The first-order chi connectivity index (χ1) is 10.2. The molecule has 1 aromatic rings. The second-order valence-corrected chi connectivity index (χ2v) is 3.53. The van der Waals surface area contributed by atoms with E-state index < -0.39 is 24.3 Å². The van der Waals surface area contributed by atoms with Gasteiger partial charge in [-0.15, -0.1) is 0 Å². The van der Waals surface area contributed by atoms with Gasteiger partial charge >= 0.3 is 24.3 Å². The highest BCUT2D eigenvalue weighted by Gasteiger charge is 2.38. The summed E-state index contributed by atoms with van der Waals surface area (Å²) >= 11 is 0. The third-order valence-electron chi connectivity index (χ3n) is 1.75. The van der Waals surface area contributed by atoms with Crippen LogP contribution in [0.4, 0.5) is 26.3 Å². The van der Waals surface area contributed by atoms with Gasteiger partial charge in [0, 0.05) is 0 Å². The summed E-state index contributed by atoms with van der Waals surface area (Å²) in [6.07, 6.45) is -10.2. The number of benzene rings is 1. The fourth-order valence-corrected chi connectivity index (χ4v) is 0.698. The summed E-state index contributed by atoms with van der Waals surface area (Å²) in [6.45, 7) is 1.93. The molecule has 0 aliphatic rings. The van der Waals surface area contributed by atoms with E-state index in [9.17, 15) is 26.3 Å². The van der Waals surface area contributed by atoms with Crippen molar-refractivity contribution in [3.63, 3.8) is 0 Å². The summed E-state index contributed by atoms with van der Waals surface area (Å²) in [6, 6.07) is 9.63. The van der Waals surface area contributed by atoms with Gasteiger partial charge in [-0.25, -0.2) is 9.59 Å². The summed E-state index contributed by atoms with van der Waals surface area (Å²) in [7, 11) is 0. The highest BCUT2D eigenvalue weighted by molar-refractivity contribution is 5.73. The zero-order chi connectivity index (χ0) is 18.8. The second-order valence-electron chi connectivity index (χ2n) is 3.53. The van der Waals surface area contributed by atoms with Gasteiger partial charge in [-0.3, -0.25) is 0 Å². The quantitative estimate of drug-likeness (QED) is 0.704. The number of alkyl halides is 6. The molecule has 0 atom stereocenters. The highest BCUT2D eigenvalue weighted by atomic mass is 19.4. The Bertz CT molecular complexity index is 550. The van der Waals surface area contributed by atoms with Gasteiger partial charge in [0.15, 0.2) is 0 Å².